The average molecular weight is 543 g/mol. The lowest BCUT2D eigenvalue weighted by atomic mass is 9.98. The smallest absolute Gasteiger partial charge is 0.409 e. The van der Waals surface area contributed by atoms with Gasteiger partial charge in [-0.2, -0.15) is 26.3 Å². The fraction of sp³-hybridized carbons (Fsp3) is 0.280. The number of anilines is 1. The number of nitrogens with zero attached hydrogens (tertiary/aromatic N) is 2. The highest BCUT2D eigenvalue weighted by Gasteiger charge is 2.41. The molecule has 3 rings (SSSR count). The lowest BCUT2D eigenvalue weighted by Gasteiger charge is -2.22. The fourth-order valence-electron chi connectivity index (χ4n) is 3.15. The van der Waals surface area contributed by atoms with Gasteiger partial charge in [-0.25, -0.2) is 9.18 Å². The summed E-state index contributed by atoms with van der Waals surface area (Å²) in [5.74, 6) is 3.71. The van der Waals surface area contributed by atoms with Crippen LogP contribution in [-0.2, 0) is 17.1 Å². The molecule has 0 saturated carbocycles. The molecule has 0 aliphatic carbocycles. The van der Waals surface area contributed by atoms with E-state index in [4.69, 9.17) is 15.2 Å². The molecule has 0 aromatic heterocycles. The molecule has 6 nitrogen and oxygen atoms in total. The normalized spacial score (nSPS) is 14.6. The summed E-state index contributed by atoms with van der Waals surface area (Å²) in [5, 5.41) is 0. The molecule has 1 amide bonds. The number of alkyl halides is 6. The first-order valence-corrected chi connectivity index (χ1v) is 10.8. The maximum Gasteiger partial charge on any atom is 0.420 e. The topological polar surface area (TPSA) is 77.2 Å². The second-order valence-corrected chi connectivity index (χ2v) is 7.95. The molecule has 1 aliphatic heterocycles. The van der Waals surface area contributed by atoms with E-state index in [1.54, 1.807) is 0 Å². The van der Waals surface area contributed by atoms with Crippen LogP contribution in [0.4, 0.5) is 41.2 Å². The first-order chi connectivity index (χ1) is 17.8. The Morgan fingerprint density at radius 1 is 1.16 bits per heavy atom. The number of carbonyl (C=O) groups is 1. The highest BCUT2D eigenvalue weighted by molar-refractivity contribution is 6.11. The molecule has 0 radical (unpaired) electrons. The highest BCUT2D eigenvalue weighted by atomic mass is 19.4. The fourth-order valence-corrected chi connectivity index (χ4v) is 3.15. The molecule has 2 aromatic carbocycles. The molecule has 0 spiro atoms. The number of benzene rings is 2. The molecule has 0 atom stereocenters. The number of allylic oxidation sites excluding steroid dienone is 1. The van der Waals surface area contributed by atoms with Gasteiger partial charge in [0, 0.05) is 36.3 Å². The van der Waals surface area contributed by atoms with Gasteiger partial charge >= 0.3 is 18.4 Å². The van der Waals surface area contributed by atoms with Crippen LogP contribution in [0.5, 0.6) is 5.75 Å². The van der Waals surface area contributed by atoms with Crippen molar-refractivity contribution in [3.8, 4) is 17.6 Å². The SMILES string of the molecule is CN(C(=O)Oc1c(/C(C=NCC#CC2COC2)=C/N)cc(C(F)(F)F)cc1C(F)(F)F)c1ccc(F)cc1. The van der Waals surface area contributed by atoms with E-state index < -0.39 is 46.7 Å². The first-order valence-electron chi connectivity index (χ1n) is 10.8. The van der Waals surface area contributed by atoms with Crippen LogP contribution in [0.1, 0.15) is 16.7 Å². The molecule has 2 N–H and O–H groups in total. The summed E-state index contributed by atoms with van der Waals surface area (Å²) in [6, 6.07) is 4.51. The largest absolute Gasteiger partial charge is 0.420 e. The Morgan fingerprint density at radius 2 is 1.82 bits per heavy atom. The predicted molar refractivity (Wildman–Crippen MR) is 125 cm³/mol. The number of hydrogen-bond acceptors (Lipinski definition) is 5. The minimum atomic E-state index is -5.35. The Kier molecular flexibility index (Phi) is 8.67. The molecule has 38 heavy (non-hydrogen) atoms. The number of nitrogens with two attached hydrogens (primary N) is 1. The van der Waals surface area contributed by atoms with E-state index in [1.807, 2.05) is 0 Å². The summed E-state index contributed by atoms with van der Waals surface area (Å²) in [6.45, 7) is 0.786. The molecule has 1 heterocycles. The van der Waals surface area contributed by atoms with Crippen LogP contribution in [-0.4, -0.2) is 39.1 Å². The van der Waals surface area contributed by atoms with E-state index in [1.165, 1.54) is 0 Å². The Bertz CT molecular complexity index is 1290. The third-order valence-corrected chi connectivity index (χ3v) is 5.23. The molecule has 1 fully saturated rings. The minimum Gasteiger partial charge on any atom is -0.409 e. The Balaban J connectivity index is 2.05. The van der Waals surface area contributed by atoms with Crippen molar-refractivity contribution >= 4 is 23.6 Å². The van der Waals surface area contributed by atoms with Gasteiger partial charge in [0.2, 0.25) is 0 Å². The number of ether oxygens (including phenoxy) is 2. The van der Waals surface area contributed by atoms with Crippen LogP contribution in [0.3, 0.4) is 0 Å². The van der Waals surface area contributed by atoms with Crippen molar-refractivity contribution in [1.82, 2.24) is 0 Å². The van der Waals surface area contributed by atoms with Crippen LogP contribution in [0.2, 0.25) is 0 Å². The maximum absolute atomic E-state index is 13.9. The molecule has 1 aliphatic rings. The van der Waals surface area contributed by atoms with Gasteiger partial charge in [0.25, 0.3) is 0 Å². The van der Waals surface area contributed by atoms with Crippen LogP contribution in [0.15, 0.2) is 47.6 Å². The van der Waals surface area contributed by atoms with Crippen molar-refractivity contribution < 1.29 is 45.0 Å². The van der Waals surface area contributed by atoms with Gasteiger partial charge in [-0.05, 0) is 36.4 Å². The number of aliphatic imine (C=N–C) groups is 1. The third kappa shape index (κ3) is 7.04. The lowest BCUT2D eigenvalue weighted by molar-refractivity contribution is -0.143. The van der Waals surface area contributed by atoms with Gasteiger partial charge in [0.15, 0.2) is 5.75 Å². The van der Waals surface area contributed by atoms with E-state index in [0.29, 0.717) is 19.3 Å². The van der Waals surface area contributed by atoms with Crippen LogP contribution in [0.25, 0.3) is 5.57 Å². The Morgan fingerprint density at radius 3 is 2.34 bits per heavy atom. The molecule has 202 valence electrons. The molecule has 1 saturated heterocycles. The zero-order valence-electron chi connectivity index (χ0n) is 19.7. The van der Waals surface area contributed by atoms with Gasteiger partial charge in [-0.15, -0.1) is 0 Å². The Labute approximate surface area is 212 Å². The number of rotatable bonds is 5. The van der Waals surface area contributed by atoms with Crippen LogP contribution >= 0.6 is 0 Å². The first kappa shape index (κ1) is 28.5. The molecule has 0 bridgehead atoms. The summed E-state index contributed by atoms with van der Waals surface area (Å²) in [7, 11) is 1.12. The summed E-state index contributed by atoms with van der Waals surface area (Å²) in [5.41, 5.74) is 0.899. The predicted octanol–water partition coefficient (Wildman–Crippen LogP) is 5.52. The standard InChI is InChI=1S/C25H20F7N3O3/c1-35(19-6-4-18(26)5-7-19)23(36)38-22-20(9-17(24(27,28)29)10-21(22)25(30,31)32)16(11-33)12-34-8-2-3-15-13-37-14-15/h4-7,9-12,15H,8,13-14,33H2,1H3/b16-11+,34-12?. The molecule has 0 unspecified atom stereocenters. The van der Waals surface area contributed by atoms with Crippen molar-refractivity contribution in [2.45, 2.75) is 12.4 Å². The molecular formula is C25H20F7N3O3. The number of amides is 1. The van der Waals surface area contributed by atoms with Gasteiger partial charge in [0.1, 0.15) is 5.82 Å². The second-order valence-electron chi connectivity index (χ2n) is 7.95. The summed E-state index contributed by atoms with van der Waals surface area (Å²) in [4.78, 5) is 17.4. The molecule has 2 aromatic rings. The average Bonchev–Trinajstić information content (AvgIpc) is 2.81. The van der Waals surface area contributed by atoms with Crippen LogP contribution < -0.4 is 15.4 Å². The maximum atomic E-state index is 13.9. The van der Waals surface area contributed by atoms with Crippen molar-refractivity contribution in [1.29, 1.82) is 0 Å². The van der Waals surface area contributed by atoms with E-state index in [-0.39, 0.29) is 29.8 Å². The number of carbonyl (C=O) groups excluding carboxylic acids is 1. The Hall–Kier alpha value is -4.05. The van der Waals surface area contributed by atoms with Gasteiger partial charge in [-0.3, -0.25) is 9.89 Å². The zero-order valence-corrected chi connectivity index (χ0v) is 19.7. The van der Waals surface area contributed by atoms with Crippen molar-refractivity contribution in [3.05, 3.63) is 65.1 Å². The quantitative estimate of drug-likeness (QED) is 0.306. The minimum absolute atomic E-state index is 0.0247. The monoisotopic (exact) mass is 543 g/mol. The van der Waals surface area contributed by atoms with Gasteiger partial charge in [-0.1, -0.05) is 11.8 Å². The molecule has 13 heteroatoms. The third-order valence-electron chi connectivity index (χ3n) is 5.23. The summed E-state index contributed by atoms with van der Waals surface area (Å²) < 4.78 is 105. The van der Waals surface area contributed by atoms with Gasteiger partial charge in [0.05, 0.1) is 36.8 Å². The van der Waals surface area contributed by atoms with E-state index in [2.05, 4.69) is 16.8 Å². The second kappa shape index (κ2) is 11.6. The lowest BCUT2D eigenvalue weighted by Crippen LogP contribution is -2.30. The van der Waals surface area contributed by atoms with E-state index in [9.17, 15) is 35.5 Å². The van der Waals surface area contributed by atoms with Crippen molar-refractivity contribution in [2.75, 3.05) is 31.7 Å². The van der Waals surface area contributed by atoms with E-state index >= 15 is 0 Å². The van der Waals surface area contributed by atoms with Gasteiger partial charge < -0.3 is 15.2 Å². The summed E-state index contributed by atoms with van der Waals surface area (Å²) >= 11 is 0. The van der Waals surface area contributed by atoms with Crippen molar-refractivity contribution in [3.63, 3.8) is 0 Å². The van der Waals surface area contributed by atoms with Crippen molar-refractivity contribution in [2.24, 2.45) is 16.6 Å². The highest BCUT2D eigenvalue weighted by Crippen LogP contribution is 2.44. The van der Waals surface area contributed by atoms with Crippen LogP contribution in [0, 0.1) is 23.6 Å². The summed E-state index contributed by atoms with van der Waals surface area (Å²) in [6.07, 6.45) is -10.2. The zero-order chi connectivity index (χ0) is 28.1. The van der Waals surface area contributed by atoms with E-state index in [0.717, 1.165) is 48.6 Å². The number of hydrogen-bond donors (Lipinski definition) is 1. The molecular weight excluding hydrogens is 523 g/mol. The number of halogens is 7.